The third-order valence-corrected chi connectivity index (χ3v) is 5.32. The predicted octanol–water partition coefficient (Wildman–Crippen LogP) is 2.51. The second kappa shape index (κ2) is 7.26. The lowest BCUT2D eigenvalue weighted by Crippen LogP contribution is -2.40. The molecule has 2 aliphatic heterocycles. The first-order valence-corrected chi connectivity index (χ1v) is 9.38. The summed E-state index contributed by atoms with van der Waals surface area (Å²) >= 11 is 0. The standard InChI is InChI=1S/C19H23N3O5/c1-11-10-15(14-4-3-9-25-14)26-19(24)16(11)18(23)22-7-5-13(6-8-22)17-20-12(2)27-21-17/h10,13-14H,3-9H2,1-2H3. The van der Waals surface area contributed by atoms with Gasteiger partial charge in [0.05, 0.1) is 0 Å². The van der Waals surface area contributed by atoms with Gasteiger partial charge in [0, 0.05) is 32.5 Å². The molecule has 2 saturated heterocycles. The number of piperidine rings is 1. The van der Waals surface area contributed by atoms with E-state index in [-0.39, 0.29) is 23.5 Å². The Hall–Kier alpha value is -2.48. The Labute approximate surface area is 156 Å². The molecule has 1 atom stereocenters. The smallest absolute Gasteiger partial charge is 0.349 e. The lowest BCUT2D eigenvalue weighted by atomic mass is 9.95. The molecule has 0 N–H and O–H groups in total. The van der Waals surface area contributed by atoms with E-state index < -0.39 is 5.63 Å². The minimum atomic E-state index is -0.582. The maximum Gasteiger partial charge on any atom is 0.349 e. The van der Waals surface area contributed by atoms with Gasteiger partial charge in [-0.15, -0.1) is 0 Å². The molecule has 0 aliphatic carbocycles. The minimum absolute atomic E-state index is 0.116. The summed E-state index contributed by atoms with van der Waals surface area (Å²) in [6.07, 6.45) is 3.07. The van der Waals surface area contributed by atoms with Crippen LogP contribution in [0.5, 0.6) is 0 Å². The zero-order valence-electron chi connectivity index (χ0n) is 15.6. The average molecular weight is 373 g/mol. The summed E-state index contributed by atoms with van der Waals surface area (Å²) in [6, 6.07) is 1.76. The lowest BCUT2D eigenvalue weighted by molar-refractivity contribution is 0.0697. The number of hydrogen-bond acceptors (Lipinski definition) is 7. The molecular weight excluding hydrogens is 350 g/mol. The highest BCUT2D eigenvalue weighted by atomic mass is 16.5. The first kappa shape index (κ1) is 17.9. The van der Waals surface area contributed by atoms with Gasteiger partial charge in [0.15, 0.2) is 5.82 Å². The molecule has 0 bridgehead atoms. The van der Waals surface area contributed by atoms with Crippen molar-refractivity contribution < 1.29 is 18.5 Å². The van der Waals surface area contributed by atoms with Crippen LogP contribution in [0, 0.1) is 13.8 Å². The van der Waals surface area contributed by atoms with Crippen LogP contribution in [-0.2, 0) is 4.74 Å². The van der Waals surface area contributed by atoms with Gasteiger partial charge in [-0.3, -0.25) is 4.79 Å². The summed E-state index contributed by atoms with van der Waals surface area (Å²) in [6.45, 7) is 5.30. The van der Waals surface area contributed by atoms with Gasteiger partial charge in [-0.25, -0.2) is 4.79 Å². The molecule has 2 aromatic heterocycles. The number of hydrogen-bond donors (Lipinski definition) is 0. The molecule has 144 valence electrons. The highest BCUT2D eigenvalue weighted by molar-refractivity contribution is 5.95. The summed E-state index contributed by atoms with van der Waals surface area (Å²) in [5.41, 5.74) is 0.171. The fourth-order valence-electron chi connectivity index (χ4n) is 3.83. The van der Waals surface area contributed by atoms with Gasteiger partial charge in [-0.2, -0.15) is 4.98 Å². The Morgan fingerprint density at radius 2 is 2.00 bits per heavy atom. The summed E-state index contributed by atoms with van der Waals surface area (Å²) < 4.78 is 16.0. The third-order valence-electron chi connectivity index (χ3n) is 5.32. The summed E-state index contributed by atoms with van der Waals surface area (Å²) in [4.78, 5) is 31.4. The van der Waals surface area contributed by atoms with Gasteiger partial charge >= 0.3 is 5.63 Å². The molecule has 0 saturated carbocycles. The Kier molecular flexibility index (Phi) is 4.82. The van der Waals surface area contributed by atoms with E-state index in [1.54, 1.807) is 24.8 Å². The molecule has 0 radical (unpaired) electrons. The van der Waals surface area contributed by atoms with E-state index in [1.807, 2.05) is 0 Å². The average Bonchev–Trinajstić information content (AvgIpc) is 3.33. The first-order valence-electron chi connectivity index (χ1n) is 9.38. The molecule has 1 unspecified atom stereocenters. The van der Waals surface area contributed by atoms with Crippen LogP contribution in [-0.4, -0.2) is 40.6 Å². The van der Waals surface area contributed by atoms with Crippen LogP contribution in [0.2, 0.25) is 0 Å². The quantitative estimate of drug-likeness (QED) is 0.815. The van der Waals surface area contributed by atoms with Crippen LogP contribution in [0.4, 0.5) is 0 Å². The Morgan fingerprint density at radius 1 is 1.22 bits per heavy atom. The number of rotatable bonds is 3. The molecule has 2 aromatic rings. The minimum Gasteiger partial charge on any atom is -0.424 e. The van der Waals surface area contributed by atoms with E-state index >= 15 is 0 Å². The number of aryl methyl sites for hydroxylation is 2. The monoisotopic (exact) mass is 373 g/mol. The molecule has 4 heterocycles. The molecule has 0 spiro atoms. The number of aromatic nitrogens is 2. The summed E-state index contributed by atoms with van der Waals surface area (Å²) in [5, 5.41) is 3.98. The molecule has 8 nitrogen and oxygen atoms in total. The van der Waals surface area contributed by atoms with Gasteiger partial charge < -0.3 is 18.6 Å². The van der Waals surface area contributed by atoms with E-state index in [4.69, 9.17) is 13.7 Å². The van der Waals surface area contributed by atoms with Crippen molar-refractivity contribution in [3.63, 3.8) is 0 Å². The van der Waals surface area contributed by atoms with Crippen LogP contribution in [0.3, 0.4) is 0 Å². The van der Waals surface area contributed by atoms with E-state index in [1.165, 1.54) is 0 Å². The van der Waals surface area contributed by atoms with Gasteiger partial charge in [-0.1, -0.05) is 5.16 Å². The third kappa shape index (κ3) is 3.53. The molecule has 27 heavy (non-hydrogen) atoms. The Morgan fingerprint density at radius 3 is 2.59 bits per heavy atom. The van der Waals surface area contributed by atoms with Gasteiger partial charge in [0.2, 0.25) is 5.89 Å². The number of carbonyl (C=O) groups is 1. The van der Waals surface area contributed by atoms with E-state index in [9.17, 15) is 9.59 Å². The van der Waals surface area contributed by atoms with Crippen molar-refractivity contribution in [2.75, 3.05) is 19.7 Å². The highest BCUT2D eigenvalue weighted by Crippen LogP contribution is 2.30. The zero-order valence-corrected chi connectivity index (χ0v) is 15.6. The van der Waals surface area contributed by atoms with Gasteiger partial charge in [0.1, 0.15) is 17.4 Å². The normalized spacial score (nSPS) is 21.0. The molecule has 1 amide bonds. The lowest BCUT2D eigenvalue weighted by Gasteiger charge is -2.30. The number of nitrogens with zero attached hydrogens (tertiary/aromatic N) is 3. The van der Waals surface area contributed by atoms with Crippen molar-refractivity contribution in [2.24, 2.45) is 0 Å². The van der Waals surface area contributed by atoms with Crippen molar-refractivity contribution in [1.82, 2.24) is 15.0 Å². The van der Waals surface area contributed by atoms with Crippen LogP contribution in [0.15, 0.2) is 19.8 Å². The molecule has 4 rings (SSSR count). The maximum absolute atomic E-state index is 12.9. The second-order valence-corrected chi connectivity index (χ2v) is 7.23. The number of likely N-dealkylation sites (tertiary alicyclic amines) is 1. The summed E-state index contributed by atoms with van der Waals surface area (Å²) in [7, 11) is 0. The topological polar surface area (TPSA) is 98.7 Å². The molecule has 8 heteroatoms. The number of amides is 1. The van der Waals surface area contributed by atoms with Crippen molar-refractivity contribution in [3.8, 4) is 0 Å². The van der Waals surface area contributed by atoms with Crippen molar-refractivity contribution in [3.05, 3.63) is 45.1 Å². The molecule has 0 aromatic carbocycles. The van der Waals surface area contributed by atoms with Crippen LogP contribution < -0.4 is 5.63 Å². The maximum atomic E-state index is 12.9. The fourth-order valence-corrected chi connectivity index (χ4v) is 3.83. The number of carbonyl (C=O) groups excluding carboxylic acids is 1. The van der Waals surface area contributed by atoms with Crippen molar-refractivity contribution in [1.29, 1.82) is 0 Å². The van der Waals surface area contributed by atoms with Crippen LogP contribution in [0.25, 0.3) is 0 Å². The molecule has 2 fully saturated rings. The molecular formula is C19H23N3O5. The number of ether oxygens (including phenoxy) is 1. The van der Waals surface area contributed by atoms with E-state index in [0.717, 1.165) is 25.7 Å². The van der Waals surface area contributed by atoms with E-state index in [0.29, 0.717) is 42.7 Å². The fraction of sp³-hybridized carbons (Fsp3) is 0.579. The Bertz CT molecular complexity index is 889. The van der Waals surface area contributed by atoms with Crippen molar-refractivity contribution in [2.45, 2.75) is 51.6 Å². The zero-order chi connectivity index (χ0) is 19.0. The predicted molar refractivity (Wildman–Crippen MR) is 94.6 cm³/mol. The summed E-state index contributed by atoms with van der Waals surface area (Å²) in [5.74, 6) is 1.64. The highest BCUT2D eigenvalue weighted by Gasteiger charge is 2.30. The van der Waals surface area contributed by atoms with Crippen LogP contribution >= 0.6 is 0 Å². The van der Waals surface area contributed by atoms with Gasteiger partial charge in [-0.05, 0) is 44.2 Å². The van der Waals surface area contributed by atoms with Crippen LogP contribution in [0.1, 0.15) is 71.1 Å². The van der Waals surface area contributed by atoms with Crippen molar-refractivity contribution >= 4 is 5.91 Å². The first-order chi connectivity index (χ1) is 13.0. The van der Waals surface area contributed by atoms with E-state index in [2.05, 4.69) is 10.1 Å². The Balaban J connectivity index is 1.47. The van der Waals surface area contributed by atoms with Gasteiger partial charge in [0.25, 0.3) is 5.91 Å². The largest absolute Gasteiger partial charge is 0.424 e. The molecule has 2 aliphatic rings. The SMILES string of the molecule is Cc1nc(C2CCN(C(=O)c3c(C)cc(C4CCCO4)oc3=O)CC2)no1. The second-order valence-electron chi connectivity index (χ2n) is 7.23.